The Balaban J connectivity index is 2.38. The van der Waals surface area contributed by atoms with Gasteiger partial charge in [-0.3, -0.25) is 0 Å². The smallest absolute Gasteiger partial charge is 0.321 e. The van der Waals surface area contributed by atoms with Crippen molar-refractivity contribution < 1.29 is 5.11 Å². The molecule has 4 heteroatoms. The molecule has 1 rings (SSSR count). The molecule has 0 radical (unpaired) electrons. The zero-order valence-electron chi connectivity index (χ0n) is 8.25. The van der Waals surface area contributed by atoms with E-state index in [1.165, 1.54) is 0 Å². The summed E-state index contributed by atoms with van der Waals surface area (Å²) in [6.07, 6.45) is 0.790. The molecule has 1 aliphatic rings. The summed E-state index contributed by atoms with van der Waals surface area (Å²) in [7, 11) is 0. The van der Waals surface area contributed by atoms with Crippen LogP contribution in [0.2, 0.25) is 0 Å². The molecule has 0 aromatic heterocycles. The molecule has 0 aromatic carbocycles. The van der Waals surface area contributed by atoms with Crippen molar-refractivity contribution >= 4 is 16.5 Å². The SMILES string of the molecule is CC[N]([AlH2])C[C@H]1C(N)C1(O)CC. The molecule has 3 atom stereocenters. The Morgan fingerprint density at radius 3 is 2.50 bits per heavy atom. The topological polar surface area (TPSA) is 49.5 Å². The van der Waals surface area contributed by atoms with Crippen molar-refractivity contribution in [1.29, 1.82) is 0 Å². The van der Waals surface area contributed by atoms with E-state index < -0.39 is 5.60 Å². The van der Waals surface area contributed by atoms with Gasteiger partial charge in [-0.2, -0.15) is 0 Å². The molecule has 2 unspecified atom stereocenters. The van der Waals surface area contributed by atoms with Gasteiger partial charge in [0.05, 0.1) is 5.60 Å². The maximum Gasteiger partial charge on any atom is 0.321 e. The fourth-order valence-corrected chi connectivity index (χ4v) is 2.16. The van der Waals surface area contributed by atoms with Gasteiger partial charge >= 0.3 is 16.5 Å². The second-order valence-corrected chi connectivity index (χ2v) is 5.10. The van der Waals surface area contributed by atoms with Gasteiger partial charge in [-0.25, -0.2) is 0 Å². The second-order valence-electron chi connectivity index (χ2n) is 3.83. The Morgan fingerprint density at radius 1 is 1.58 bits per heavy atom. The van der Waals surface area contributed by atoms with Gasteiger partial charge in [0.15, 0.2) is 0 Å². The summed E-state index contributed by atoms with van der Waals surface area (Å²) in [5, 5.41) is 9.87. The minimum absolute atomic E-state index is 0.0190. The first-order valence-corrected chi connectivity index (χ1v) is 5.62. The lowest BCUT2D eigenvalue weighted by atomic mass is 10.2. The molecule has 1 saturated carbocycles. The molecule has 0 aliphatic heterocycles. The molecule has 0 heterocycles. The van der Waals surface area contributed by atoms with Crippen molar-refractivity contribution in [3.05, 3.63) is 0 Å². The molecule has 70 valence electrons. The molecular formula is C8H19AlN2O. The van der Waals surface area contributed by atoms with Crippen LogP contribution in [-0.4, -0.2) is 50.2 Å². The molecule has 1 fully saturated rings. The number of nitrogens with zero attached hydrogens (tertiary/aromatic N) is 1. The highest BCUT2D eigenvalue weighted by atomic mass is 27.1. The monoisotopic (exact) mass is 186 g/mol. The first-order chi connectivity index (χ1) is 5.56. The van der Waals surface area contributed by atoms with Crippen LogP contribution < -0.4 is 5.73 Å². The quantitative estimate of drug-likeness (QED) is 0.551. The molecule has 12 heavy (non-hydrogen) atoms. The van der Waals surface area contributed by atoms with Crippen LogP contribution in [-0.2, 0) is 0 Å². The van der Waals surface area contributed by atoms with Gasteiger partial charge in [-0.15, -0.1) is 0 Å². The lowest BCUT2D eigenvalue weighted by molar-refractivity contribution is 0.118. The van der Waals surface area contributed by atoms with E-state index in [0.717, 1.165) is 36.0 Å². The third-order valence-corrected chi connectivity index (χ3v) is 4.16. The summed E-state index contributed by atoms with van der Waals surface area (Å²) >= 11 is 1.07. The molecule has 0 aromatic rings. The normalized spacial score (nSPS) is 40.4. The van der Waals surface area contributed by atoms with E-state index >= 15 is 0 Å². The van der Waals surface area contributed by atoms with Gasteiger partial charge in [0, 0.05) is 12.0 Å². The summed E-state index contributed by atoms with van der Waals surface area (Å²) in [6, 6.07) is 0.0190. The van der Waals surface area contributed by atoms with Crippen LogP contribution in [0.1, 0.15) is 20.3 Å². The fraction of sp³-hybridized carbons (Fsp3) is 1.00. The minimum Gasteiger partial charge on any atom is -0.390 e. The Labute approximate surface area is 82.6 Å². The third kappa shape index (κ3) is 1.68. The van der Waals surface area contributed by atoms with Crippen molar-refractivity contribution in [2.24, 2.45) is 11.7 Å². The van der Waals surface area contributed by atoms with Gasteiger partial charge in [0.2, 0.25) is 0 Å². The van der Waals surface area contributed by atoms with Gasteiger partial charge < -0.3 is 14.7 Å². The maximum absolute atomic E-state index is 9.87. The zero-order chi connectivity index (χ0) is 9.35. The lowest BCUT2D eigenvalue weighted by Crippen LogP contribution is -2.25. The molecule has 0 spiro atoms. The molecule has 3 N–H and O–H groups in total. The summed E-state index contributed by atoms with van der Waals surface area (Å²) < 4.78 is 2.33. The van der Waals surface area contributed by atoms with Crippen molar-refractivity contribution in [2.45, 2.75) is 31.9 Å². The first-order valence-electron chi connectivity index (χ1n) is 4.72. The summed E-state index contributed by atoms with van der Waals surface area (Å²) in [5.41, 5.74) is 5.25. The Hall–Kier alpha value is 0.412. The number of aliphatic hydroxyl groups is 1. The van der Waals surface area contributed by atoms with Crippen LogP contribution in [0.3, 0.4) is 0 Å². The number of rotatable bonds is 4. The van der Waals surface area contributed by atoms with Gasteiger partial charge in [-0.05, 0) is 19.5 Å². The van der Waals surface area contributed by atoms with Crippen molar-refractivity contribution in [1.82, 2.24) is 3.88 Å². The Bertz CT molecular complexity index is 167. The van der Waals surface area contributed by atoms with Crippen LogP contribution in [0.5, 0.6) is 0 Å². The Kier molecular flexibility index (Phi) is 3.19. The predicted molar refractivity (Wildman–Crippen MR) is 52.5 cm³/mol. The van der Waals surface area contributed by atoms with Gasteiger partial charge in [0.25, 0.3) is 0 Å². The highest BCUT2D eigenvalue weighted by Gasteiger charge is 2.60. The third-order valence-electron chi connectivity index (χ3n) is 3.16. The van der Waals surface area contributed by atoms with E-state index in [1.54, 1.807) is 0 Å². The van der Waals surface area contributed by atoms with E-state index in [9.17, 15) is 5.11 Å². The zero-order valence-corrected chi connectivity index (χ0v) is 10.2. The molecule has 0 saturated heterocycles. The minimum atomic E-state index is -0.544. The number of nitrogens with two attached hydrogens (primary N) is 1. The van der Waals surface area contributed by atoms with E-state index in [4.69, 9.17) is 5.73 Å². The van der Waals surface area contributed by atoms with Gasteiger partial charge in [-0.1, -0.05) is 13.8 Å². The van der Waals surface area contributed by atoms with E-state index in [0.29, 0.717) is 5.92 Å². The standard InChI is InChI=1S/C8H17N2O.Al.2H/c1-3-8(11)6(7(8)9)5-10-4-2;;;/h6-7,11H,3-5,9H2,1-2H3;;;/q-1;+1;;/t6-,7?,8?;;;/m0.../s1. The predicted octanol–water partition coefficient (Wildman–Crippen LogP) is -1.05. The average molecular weight is 186 g/mol. The van der Waals surface area contributed by atoms with Crippen molar-refractivity contribution in [3.63, 3.8) is 0 Å². The summed E-state index contributed by atoms with van der Waals surface area (Å²) in [4.78, 5) is 0. The maximum atomic E-state index is 9.87. The van der Waals surface area contributed by atoms with Crippen LogP contribution in [0.25, 0.3) is 0 Å². The largest absolute Gasteiger partial charge is 0.390 e. The average Bonchev–Trinajstić information content (AvgIpc) is 2.58. The van der Waals surface area contributed by atoms with Crippen LogP contribution in [0.4, 0.5) is 0 Å². The Morgan fingerprint density at radius 2 is 2.17 bits per heavy atom. The molecule has 0 amide bonds. The number of hydrogen-bond donors (Lipinski definition) is 2. The van der Waals surface area contributed by atoms with Gasteiger partial charge in [0.1, 0.15) is 0 Å². The highest BCUT2D eigenvalue weighted by molar-refractivity contribution is 6.04. The van der Waals surface area contributed by atoms with Crippen LogP contribution in [0, 0.1) is 5.92 Å². The van der Waals surface area contributed by atoms with Crippen molar-refractivity contribution in [2.75, 3.05) is 13.1 Å². The van der Waals surface area contributed by atoms with E-state index in [2.05, 4.69) is 10.8 Å². The van der Waals surface area contributed by atoms with Crippen LogP contribution >= 0.6 is 0 Å². The second kappa shape index (κ2) is 3.65. The summed E-state index contributed by atoms with van der Waals surface area (Å²) in [5.74, 6) is 0.319. The lowest BCUT2D eigenvalue weighted by Gasteiger charge is -2.15. The summed E-state index contributed by atoms with van der Waals surface area (Å²) in [6.45, 7) is 6.21. The molecular weight excluding hydrogens is 167 g/mol. The van der Waals surface area contributed by atoms with Crippen molar-refractivity contribution in [3.8, 4) is 0 Å². The van der Waals surface area contributed by atoms with E-state index in [-0.39, 0.29) is 6.04 Å². The first kappa shape index (κ1) is 10.5. The van der Waals surface area contributed by atoms with E-state index in [1.807, 2.05) is 6.92 Å². The molecule has 0 bridgehead atoms. The molecule has 3 nitrogen and oxygen atoms in total. The number of hydrogen-bond acceptors (Lipinski definition) is 3. The van der Waals surface area contributed by atoms with Crippen LogP contribution in [0.15, 0.2) is 0 Å². The highest BCUT2D eigenvalue weighted by Crippen LogP contribution is 2.44. The molecule has 1 aliphatic carbocycles. The fourth-order valence-electron chi connectivity index (χ4n) is 1.77.